The second-order valence-electron chi connectivity index (χ2n) is 5.59. The number of nitrogens with one attached hydrogen (secondary N) is 1. The molecule has 0 bridgehead atoms. The van der Waals surface area contributed by atoms with Gasteiger partial charge in [-0.1, -0.05) is 17.7 Å². The molecule has 2 aromatic carbocycles. The van der Waals surface area contributed by atoms with Gasteiger partial charge in [0, 0.05) is 16.6 Å². The molecule has 0 fully saturated rings. The number of benzene rings is 2. The molecule has 7 heteroatoms. The van der Waals surface area contributed by atoms with Crippen LogP contribution in [0.5, 0.6) is 11.5 Å². The number of methoxy groups -OCH3 is 2. The van der Waals surface area contributed by atoms with Crippen LogP contribution in [-0.4, -0.2) is 26.7 Å². The number of hydrogen-bond acceptors (Lipinski definition) is 4. The zero-order chi connectivity index (χ0) is 18.7. The van der Waals surface area contributed by atoms with Crippen LogP contribution in [0, 0.1) is 5.82 Å². The summed E-state index contributed by atoms with van der Waals surface area (Å²) in [6.45, 7) is 0.434. The first-order valence-corrected chi connectivity index (χ1v) is 9.09. The first-order chi connectivity index (χ1) is 12.5. The number of hydrogen-bond donors (Lipinski definition) is 1. The highest BCUT2D eigenvalue weighted by molar-refractivity contribution is 7.23. The lowest BCUT2D eigenvalue weighted by atomic mass is 10.1. The van der Waals surface area contributed by atoms with E-state index >= 15 is 0 Å². The van der Waals surface area contributed by atoms with Gasteiger partial charge in [0.1, 0.15) is 10.2 Å². The minimum absolute atomic E-state index is 0.270. The zero-order valence-corrected chi connectivity index (χ0v) is 15.8. The summed E-state index contributed by atoms with van der Waals surface area (Å²) in [4.78, 5) is 12.5. The van der Waals surface area contributed by atoms with E-state index in [0.29, 0.717) is 44.5 Å². The van der Waals surface area contributed by atoms with E-state index in [9.17, 15) is 9.18 Å². The van der Waals surface area contributed by atoms with Crippen LogP contribution in [0.15, 0.2) is 36.4 Å². The lowest BCUT2D eigenvalue weighted by Gasteiger charge is -2.10. The van der Waals surface area contributed by atoms with E-state index in [1.807, 2.05) is 18.2 Å². The Morgan fingerprint density at radius 2 is 1.92 bits per heavy atom. The average Bonchev–Trinajstić information content (AvgIpc) is 2.96. The van der Waals surface area contributed by atoms with Crippen molar-refractivity contribution in [3.8, 4) is 11.5 Å². The third-order valence-corrected chi connectivity index (χ3v) is 5.34. The maximum atomic E-state index is 13.3. The molecule has 0 aliphatic carbocycles. The van der Waals surface area contributed by atoms with Crippen LogP contribution in [0.1, 0.15) is 15.9 Å². The molecule has 0 saturated heterocycles. The summed E-state index contributed by atoms with van der Waals surface area (Å²) in [7, 11) is 3.16. The lowest BCUT2D eigenvalue weighted by Crippen LogP contribution is -2.25. The number of amides is 1. The number of ether oxygens (including phenoxy) is 2. The van der Waals surface area contributed by atoms with Crippen LogP contribution < -0.4 is 14.8 Å². The van der Waals surface area contributed by atoms with Gasteiger partial charge < -0.3 is 14.8 Å². The Labute approximate surface area is 159 Å². The van der Waals surface area contributed by atoms with Crippen molar-refractivity contribution >= 4 is 38.9 Å². The average molecular weight is 394 g/mol. The summed E-state index contributed by atoms with van der Waals surface area (Å²) in [5, 5.41) is 3.52. The highest BCUT2D eigenvalue weighted by Gasteiger charge is 2.18. The third kappa shape index (κ3) is 3.76. The van der Waals surface area contributed by atoms with Crippen LogP contribution in [0.3, 0.4) is 0 Å². The summed E-state index contributed by atoms with van der Waals surface area (Å²) in [6.07, 6.45) is 0.625. The molecule has 1 aromatic heterocycles. The van der Waals surface area contributed by atoms with Gasteiger partial charge in [-0.15, -0.1) is 11.3 Å². The Morgan fingerprint density at radius 3 is 2.65 bits per heavy atom. The SMILES string of the molecule is COc1ccc(CCNC(=O)c2c(Cl)sc3cc(F)ccc23)cc1OC. The van der Waals surface area contributed by atoms with Crippen molar-refractivity contribution in [2.75, 3.05) is 20.8 Å². The minimum atomic E-state index is -0.351. The first-order valence-electron chi connectivity index (χ1n) is 7.90. The molecule has 3 rings (SSSR count). The van der Waals surface area contributed by atoms with Gasteiger partial charge in [0.2, 0.25) is 0 Å². The van der Waals surface area contributed by atoms with Crippen LogP contribution in [0.4, 0.5) is 4.39 Å². The second-order valence-corrected chi connectivity index (χ2v) is 7.24. The smallest absolute Gasteiger partial charge is 0.254 e. The molecule has 1 amide bonds. The van der Waals surface area contributed by atoms with Gasteiger partial charge >= 0.3 is 0 Å². The summed E-state index contributed by atoms with van der Waals surface area (Å²) < 4.78 is 24.8. The molecule has 0 saturated carbocycles. The van der Waals surface area contributed by atoms with E-state index in [4.69, 9.17) is 21.1 Å². The van der Waals surface area contributed by atoms with Crippen molar-refractivity contribution < 1.29 is 18.7 Å². The predicted molar refractivity (Wildman–Crippen MR) is 102 cm³/mol. The summed E-state index contributed by atoms with van der Waals surface area (Å²) in [5.74, 6) is 0.679. The molecule has 26 heavy (non-hydrogen) atoms. The standard InChI is InChI=1S/C19H17ClFNO3S/c1-24-14-6-3-11(9-15(14)25-2)7-8-22-19(23)17-13-5-4-12(21)10-16(13)26-18(17)20/h3-6,9-10H,7-8H2,1-2H3,(H,22,23). The first kappa shape index (κ1) is 18.5. The van der Waals surface area contributed by atoms with Crippen LogP contribution in [0.2, 0.25) is 4.34 Å². The van der Waals surface area contributed by atoms with Gasteiger partial charge in [0.05, 0.1) is 19.8 Å². The normalized spacial score (nSPS) is 10.8. The van der Waals surface area contributed by atoms with Gasteiger partial charge in [-0.2, -0.15) is 0 Å². The Morgan fingerprint density at radius 1 is 1.15 bits per heavy atom. The molecule has 0 aliphatic rings. The summed E-state index contributed by atoms with van der Waals surface area (Å²) in [6, 6.07) is 9.91. The molecule has 0 aliphatic heterocycles. The van der Waals surface area contributed by atoms with E-state index in [2.05, 4.69) is 5.32 Å². The van der Waals surface area contributed by atoms with Gasteiger partial charge in [0.15, 0.2) is 11.5 Å². The van der Waals surface area contributed by atoms with Gasteiger partial charge in [-0.3, -0.25) is 4.79 Å². The molecule has 0 atom stereocenters. The van der Waals surface area contributed by atoms with E-state index in [1.165, 1.54) is 23.5 Å². The van der Waals surface area contributed by atoms with E-state index in [0.717, 1.165) is 5.56 Å². The predicted octanol–water partition coefficient (Wildman–Crippen LogP) is 4.68. The van der Waals surface area contributed by atoms with Crippen molar-refractivity contribution in [3.05, 3.63) is 57.7 Å². The van der Waals surface area contributed by atoms with Crippen LogP contribution in [-0.2, 0) is 6.42 Å². The van der Waals surface area contributed by atoms with Gasteiger partial charge in [0.25, 0.3) is 5.91 Å². The molecule has 0 spiro atoms. The molecule has 1 heterocycles. The van der Waals surface area contributed by atoms with Crippen molar-refractivity contribution in [1.29, 1.82) is 0 Å². The Hall–Kier alpha value is -2.31. The number of halogens is 2. The van der Waals surface area contributed by atoms with Crippen molar-refractivity contribution in [2.45, 2.75) is 6.42 Å². The van der Waals surface area contributed by atoms with Crippen molar-refractivity contribution in [3.63, 3.8) is 0 Å². The van der Waals surface area contributed by atoms with E-state index in [-0.39, 0.29) is 11.7 Å². The summed E-state index contributed by atoms with van der Waals surface area (Å²) >= 11 is 7.38. The largest absolute Gasteiger partial charge is 0.493 e. The number of rotatable bonds is 6. The topological polar surface area (TPSA) is 47.6 Å². The zero-order valence-electron chi connectivity index (χ0n) is 14.3. The van der Waals surface area contributed by atoms with Gasteiger partial charge in [-0.05, 0) is 42.3 Å². The van der Waals surface area contributed by atoms with Gasteiger partial charge in [-0.25, -0.2) is 4.39 Å². The van der Waals surface area contributed by atoms with Crippen LogP contribution >= 0.6 is 22.9 Å². The third-order valence-electron chi connectivity index (χ3n) is 3.98. The minimum Gasteiger partial charge on any atom is -0.493 e. The van der Waals surface area contributed by atoms with Crippen LogP contribution in [0.25, 0.3) is 10.1 Å². The maximum absolute atomic E-state index is 13.3. The highest BCUT2D eigenvalue weighted by Crippen LogP contribution is 2.35. The molecule has 4 nitrogen and oxygen atoms in total. The molecule has 1 N–H and O–H groups in total. The fourth-order valence-corrected chi connectivity index (χ4v) is 4.08. The monoisotopic (exact) mass is 393 g/mol. The fraction of sp³-hybridized carbons (Fsp3) is 0.211. The Bertz CT molecular complexity index is 957. The Kier molecular flexibility index (Phi) is 5.64. The quantitative estimate of drug-likeness (QED) is 0.661. The molecule has 0 unspecified atom stereocenters. The molecular formula is C19H17ClFNO3S. The van der Waals surface area contributed by atoms with Crippen molar-refractivity contribution in [1.82, 2.24) is 5.32 Å². The molecular weight excluding hydrogens is 377 g/mol. The number of carbonyl (C=O) groups excluding carboxylic acids is 1. The number of fused-ring (bicyclic) bond motifs is 1. The number of thiophene rings is 1. The lowest BCUT2D eigenvalue weighted by molar-refractivity contribution is 0.0956. The fourth-order valence-electron chi connectivity index (χ4n) is 2.70. The summed E-state index contributed by atoms with van der Waals surface area (Å²) in [5.41, 5.74) is 1.39. The molecule has 0 radical (unpaired) electrons. The maximum Gasteiger partial charge on any atom is 0.254 e. The van der Waals surface area contributed by atoms with E-state index in [1.54, 1.807) is 20.3 Å². The van der Waals surface area contributed by atoms with E-state index < -0.39 is 0 Å². The Balaban J connectivity index is 1.69. The molecule has 136 valence electrons. The number of carbonyl (C=O) groups is 1. The second kappa shape index (κ2) is 7.93. The van der Waals surface area contributed by atoms with Crippen molar-refractivity contribution in [2.24, 2.45) is 0 Å². The highest BCUT2D eigenvalue weighted by atomic mass is 35.5. The molecule has 3 aromatic rings.